The fourth-order valence-corrected chi connectivity index (χ4v) is 1.59. The summed E-state index contributed by atoms with van der Waals surface area (Å²) in [6.07, 6.45) is 0. The van der Waals surface area contributed by atoms with E-state index < -0.39 is 0 Å². The number of hydrogen-bond donors (Lipinski definition) is 2. The van der Waals surface area contributed by atoms with Gasteiger partial charge in [0.25, 0.3) is 0 Å². The highest BCUT2D eigenvalue weighted by Crippen LogP contribution is 2.12. The second-order valence-electron chi connectivity index (χ2n) is 3.85. The molecule has 0 saturated heterocycles. The van der Waals surface area contributed by atoms with Crippen molar-refractivity contribution in [3.63, 3.8) is 0 Å². The van der Waals surface area contributed by atoms with Crippen molar-refractivity contribution >= 4 is 11.7 Å². The average molecular weight is 256 g/mol. The number of halogens is 1. The van der Waals surface area contributed by atoms with Gasteiger partial charge in [-0.25, -0.2) is 4.39 Å². The molecule has 0 aromatic heterocycles. The molecule has 5 heteroatoms. The maximum atomic E-state index is 13.0. The van der Waals surface area contributed by atoms with E-state index in [0.717, 1.165) is 11.1 Å². The number of nitrogens with zero attached hydrogens (tertiary/aromatic N) is 2. The smallest absolute Gasteiger partial charge is 0.211 e. The molecule has 0 saturated carbocycles. The van der Waals surface area contributed by atoms with Crippen LogP contribution in [0.3, 0.4) is 0 Å². The minimum absolute atomic E-state index is 0.129. The molecule has 0 aliphatic heterocycles. The van der Waals surface area contributed by atoms with Gasteiger partial charge in [0.1, 0.15) is 11.5 Å². The normalized spacial score (nSPS) is 11.1. The quantitative estimate of drug-likeness (QED) is 0.499. The summed E-state index contributed by atoms with van der Waals surface area (Å²) >= 11 is 0. The maximum absolute atomic E-state index is 13.0. The molecule has 0 bridgehead atoms. The molecular formula is C14H13FN4. The fourth-order valence-electron chi connectivity index (χ4n) is 1.59. The van der Waals surface area contributed by atoms with E-state index in [-0.39, 0.29) is 11.8 Å². The molecule has 0 atom stereocenters. The number of guanidine groups is 1. The standard InChI is InChI=1S/C14H13FN4/c15-12-8-6-11(7-9-12)13(18-19-14(16)17)10-4-2-1-3-5-10/h1-9H,(H4,16,17,19). The van der Waals surface area contributed by atoms with Crippen LogP contribution in [0, 0.1) is 5.82 Å². The monoisotopic (exact) mass is 256 g/mol. The molecule has 0 radical (unpaired) electrons. The zero-order valence-corrected chi connectivity index (χ0v) is 10.1. The van der Waals surface area contributed by atoms with E-state index in [0.29, 0.717) is 5.71 Å². The zero-order chi connectivity index (χ0) is 13.7. The van der Waals surface area contributed by atoms with Crippen LogP contribution in [0.2, 0.25) is 0 Å². The van der Waals surface area contributed by atoms with Gasteiger partial charge in [0, 0.05) is 11.1 Å². The molecule has 2 aromatic carbocycles. The van der Waals surface area contributed by atoms with Gasteiger partial charge in [-0.05, 0) is 24.3 Å². The summed E-state index contributed by atoms with van der Waals surface area (Å²) in [4.78, 5) is 0. The van der Waals surface area contributed by atoms with Gasteiger partial charge >= 0.3 is 0 Å². The van der Waals surface area contributed by atoms with Gasteiger partial charge in [-0.2, -0.15) is 0 Å². The molecule has 2 rings (SSSR count). The Hall–Kier alpha value is -2.69. The van der Waals surface area contributed by atoms with E-state index in [1.54, 1.807) is 12.1 Å². The first-order valence-corrected chi connectivity index (χ1v) is 5.65. The van der Waals surface area contributed by atoms with Gasteiger partial charge in [-0.1, -0.05) is 30.3 Å². The minimum Gasteiger partial charge on any atom is -0.369 e. The molecule has 0 spiro atoms. The second kappa shape index (κ2) is 5.77. The Kier molecular flexibility index (Phi) is 3.87. The largest absolute Gasteiger partial charge is 0.369 e. The number of nitrogens with two attached hydrogens (primary N) is 2. The van der Waals surface area contributed by atoms with Crippen LogP contribution < -0.4 is 11.5 Å². The predicted molar refractivity (Wildman–Crippen MR) is 74.3 cm³/mol. The van der Waals surface area contributed by atoms with Crippen molar-refractivity contribution in [2.24, 2.45) is 21.7 Å². The second-order valence-corrected chi connectivity index (χ2v) is 3.85. The Balaban J connectivity index is 2.49. The van der Waals surface area contributed by atoms with Crippen LogP contribution in [0.5, 0.6) is 0 Å². The molecule has 0 aliphatic rings. The third kappa shape index (κ3) is 3.38. The lowest BCUT2D eigenvalue weighted by Crippen LogP contribution is -2.22. The van der Waals surface area contributed by atoms with E-state index in [1.165, 1.54) is 12.1 Å². The summed E-state index contributed by atoms with van der Waals surface area (Å²) in [6, 6.07) is 15.4. The molecule has 0 unspecified atom stereocenters. The molecule has 0 aliphatic carbocycles. The Morgan fingerprint density at radius 1 is 0.789 bits per heavy atom. The Bertz CT molecular complexity index is 599. The summed E-state index contributed by atoms with van der Waals surface area (Å²) in [5, 5.41) is 7.69. The number of hydrogen-bond acceptors (Lipinski definition) is 2. The lowest BCUT2D eigenvalue weighted by molar-refractivity contribution is 0.628. The molecule has 0 heterocycles. The van der Waals surface area contributed by atoms with Crippen LogP contribution in [0.25, 0.3) is 0 Å². The Morgan fingerprint density at radius 2 is 1.37 bits per heavy atom. The summed E-state index contributed by atoms with van der Waals surface area (Å²) in [6.45, 7) is 0. The van der Waals surface area contributed by atoms with Crippen molar-refractivity contribution in [3.05, 3.63) is 71.5 Å². The third-order valence-corrected chi connectivity index (χ3v) is 2.43. The van der Waals surface area contributed by atoms with Gasteiger partial charge in [0.15, 0.2) is 0 Å². The highest BCUT2D eigenvalue weighted by atomic mass is 19.1. The van der Waals surface area contributed by atoms with Crippen LogP contribution >= 0.6 is 0 Å². The van der Waals surface area contributed by atoms with Crippen molar-refractivity contribution < 1.29 is 4.39 Å². The SMILES string of the molecule is NC(N)=NN=C(c1ccccc1)c1ccc(F)cc1. The predicted octanol–water partition coefficient (Wildman–Crippen LogP) is 1.85. The topological polar surface area (TPSA) is 76.8 Å². The van der Waals surface area contributed by atoms with Gasteiger partial charge in [-0.15, -0.1) is 10.2 Å². The van der Waals surface area contributed by atoms with E-state index in [9.17, 15) is 4.39 Å². The van der Waals surface area contributed by atoms with Crippen LogP contribution in [-0.2, 0) is 0 Å². The first-order valence-electron chi connectivity index (χ1n) is 5.65. The molecule has 0 amide bonds. The lowest BCUT2D eigenvalue weighted by atomic mass is 10.0. The van der Waals surface area contributed by atoms with Crippen molar-refractivity contribution in [2.45, 2.75) is 0 Å². The van der Waals surface area contributed by atoms with E-state index in [4.69, 9.17) is 11.5 Å². The third-order valence-electron chi connectivity index (χ3n) is 2.43. The molecule has 96 valence electrons. The van der Waals surface area contributed by atoms with Crippen LogP contribution in [0.1, 0.15) is 11.1 Å². The Morgan fingerprint density at radius 3 is 1.95 bits per heavy atom. The van der Waals surface area contributed by atoms with Crippen molar-refractivity contribution in [3.8, 4) is 0 Å². The van der Waals surface area contributed by atoms with Crippen LogP contribution in [0.4, 0.5) is 4.39 Å². The number of rotatable bonds is 3. The molecule has 2 aromatic rings. The van der Waals surface area contributed by atoms with Crippen molar-refractivity contribution in [1.82, 2.24) is 0 Å². The van der Waals surface area contributed by atoms with Gasteiger partial charge in [-0.3, -0.25) is 0 Å². The highest BCUT2D eigenvalue weighted by molar-refractivity contribution is 6.12. The molecular weight excluding hydrogens is 243 g/mol. The van der Waals surface area contributed by atoms with Gasteiger partial charge in [0.05, 0.1) is 0 Å². The average Bonchev–Trinajstić information content (AvgIpc) is 2.42. The number of benzene rings is 2. The summed E-state index contributed by atoms with van der Waals surface area (Å²) < 4.78 is 13.0. The maximum Gasteiger partial charge on any atom is 0.211 e. The fraction of sp³-hybridized carbons (Fsp3) is 0. The minimum atomic E-state index is -0.307. The zero-order valence-electron chi connectivity index (χ0n) is 10.1. The highest BCUT2D eigenvalue weighted by Gasteiger charge is 2.06. The van der Waals surface area contributed by atoms with Crippen molar-refractivity contribution in [1.29, 1.82) is 0 Å². The Labute approximate surface area is 110 Å². The first-order chi connectivity index (χ1) is 9.16. The molecule has 19 heavy (non-hydrogen) atoms. The van der Waals surface area contributed by atoms with Crippen molar-refractivity contribution in [2.75, 3.05) is 0 Å². The molecule has 4 N–H and O–H groups in total. The van der Waals surface area contributed by atoms with Crippen LogP contribution in [-0.4, -0.2) is 11.7 Å². The molecule has 4 nitrogen and oxygen atoms in total. The summed E-state index contributed by atoms with van der Waals surface area (Å²) in [5.74, 6) is -0.437. The van der Waals surface area contributed by atoms with E-state index in [1.807, 2.05) is 30.3 Å². The van der Waals surface area contributed by atoms with E-state index >= 15 is 0 Å². The first kappa shape index (κ1) is 12.8. The summed E-state index contributed by atoms with van der Waals surface area (Å²) in [5.41, 5.74) is 12.7. The summed E-state index contributed by atoms with van der Waals surface area (Å²) in [7, 11) is 0. The van der Waals surface area contributed by atoms with Crippen LogP contribution in [0.15, 0.2) is 64.8 Å². The van der Waals surface area contributed by atoms with Gasteiger partial charge < -0.3 is 11.5 Å². The van der Waals surface area contributed by atoms with E-state index in [2.05, 4.69) is 10.2 Å². The van der Waals surface area contributed by atoms with Gasteiger partial charge in [0.2, 0.25) is 5.96 Å². The lowest BCUT2D eigenvalue weighted by Gasteiger charge is -2.05. The molecule has 0 fully saturated rings.